The normalized spacial score (nSPS) is 26.3. The maximum atomic E-state index is 10.2. The summed E-state index contributed by atoms with van der Waals surface area (Å²) >= 11 is 0. The molecule has 3 atom stereocenters. The van der Waals surface area contributed by atoms with Gasteiger partial charge in [-0.05, 0) is 13.8 Å². The standard InChI is InChI=1S/C15H28N2O2/c1-5-7-16(8-6-2)11-15(18)12-17-9-13(3)19-14(4)10-17/h5-6,13-15,18H,1-2,7-12H2,3-4H3. The van der Waals surface area contributed by atoms with Crippen LogP contribution in [0, 0.1) is 0 Å². The molecule has 0 spiro atoms. The third kappa shape index (κ3) is 6.34. The Morgan fingerprint density at radius 2 is 1.79 bits per heavy atom. The van der Waals surface area contributed by atoms with Crippen molar-refractivity contribution < 1.29 is 9.84 Å². The van der Waals surface area contributed by atoms with Gasteiger partial charge in [0.2, 0.25) is 0 Å². The van der Waals surface area contributed by atoms with Gasteiger partial charge in [0, 0.05) is 39.3 Å². The molecular weight excluding hydrogens is 240 g/mol. The fourth-order valence-electron chi connectivity index (χ4n) is 2.68. The van der Waals surface area contributed by atoms with Crippen molar-refractivity contribution in [2.24, 2.45) is 0 Å². The van der Waals surface area contributed by atoms with Crippen molar-refractivity contribution in [3.05, 3.63) is 25.3 Å². The van der Waals surface area contributed by atoms with Crippen LogP contribution < -0.4 is 0 Å². The van der Waals surface area contributed by atoms with Gasteiger partial charge in [0.25, 0.3) is 0 Å². The van der Waals surface area contributed by atoms with Crippen LogP contribution in [-0.4, -0.2) is 72.5 Å². The summed E-state index contributed by atoms with van der Waals surface area (Å²) in [5.74, 6) is 0. The smallest absolute Gasteiger partial charge is 0.0794 e. The first kappa shape index (κ1) is 16.4. The molecule has 0 aromatic heterocycles. The van der Waals surface area contributed by atoms with Crippen LogP contribution in [0.2, 0.25) is 0 Å². The zero-order valence-corrected chi connectivity index (χ0v) is 12.3. The molecule has 0 aromatic rings. The minimum atomic E-state index is -0.350. The molecule has 110 valence electrons. The van der Waals surface area contributed by atoms with Gasteiger partial charge in [0.15, 0.2) is 0 Å². The topological polar surface area (TPSA) is 35.9 Å². The van der Waals surface area contributed by atoms with Crippen molar-refractivity contribution in [3.63, 3.8) is 0 Å². The molecule has 0 aliphatic carbocycles. The molecule has 1 N–H and O–H groups in total. The van der Waals surface area contributed by atoms with Crippen LogP contribution in [0.4, 0.5) is 0 Å². The fraction of sp³-hybridized carbons (Fsp3) is 0.733. The van der Waals surface area contributed by atoms with Gasteiger partial charge in [0.05, 0.1) is 18.3 Å². The molecule has 19 heavy (non-hydrogen) atoms. The highest BCUT2D eigenvalue weighted by atomic mass is 16.5. The molecule has 1 saturated heterocycles. The first-order chi connectivity index (χ1) is 9.05. The summed E-state index contributed by atoms with van der Waals surface area (Å²) < 4.78 is 5.70. The number of rotatable bonds is 8. The number of hydrogen-bond acceptors (Lipinski definition) is 4. The van der Waals surface area contributed by atoms with E-state index in [4.69, 9.17) is 4.74 Å². The number of aliphatic hydroxyl groups excluding tert-OH is 1. The first-order valence-electron chi connectivity index (χ1n) is 7.05. The van der Waals surface area contributed by atoms with Crippen LogP contribution in [-0.2, 0) is 4.74 Å². The second-order valence-corrected chi connectivity index (χ2v) is 5.43. The molecule has 1 aliphatic rings. The first-order valence-corrected chi connectivity index (χ1v) is 7.05. The van der Waals surface area contributed by atoms with Gasteiger partial charge < -0.3 is 9.84 Å². The molecule has 3 unspecified atom stereocenters. The van der Waals surface area contributed by atoms with Crippen LogP contribution in [0.15, 0.2) is 25.3 Å². The van der Waals surface area contributed by atoms with Crippen molar-refractivity contribution in [1.29, 1.82) is 0 Å². The molecule has 1 fully saturated rings. The summed E-state index contributed by atoms with van der Waals surface area (Å²) in [6.45, 7) is 16.3. The van der Waals surface area contributed by atoms with E-state index in [9.17, 15) is 5.11 Å². The molecule has 0 saturated carbocycles. The zero-order valence-electron chi connectivity index (χ0n) is 12.3. The van der Waals surface area contributed by atoms with Crippen molar-refractivity contribution in [1.82, 2.24) is 9.80 Å². The highest BCUT2D eigenvalue weighted by Crippen LogP contribution is 2.11. The van der Waals surface area contributed by atoms with E-state index in [-0.39, 0.29) is 18.3 Å². The maximum absolute atomic E-state index is 10.2. The molecule has 1 heterocycles. The second kappa shape index (κ2) is 8.48. The molecular formula is C15H28N2O2. The van der Waals surface area contributed by atoms with Gasteiger partial charge in [-0.1, -0.05) is 12.2 Å². The van der Waals surface area contributed by atoms with Gasteiger partial charge in [-0.2, -0.15) is 0 Å². The van der Waals surface area contributed by atoms with Crippen molar-refractivity contribution >= 4 is 0 Å². The van der Waals surface area contributed by atoms with E-state index in [2.05, 4.69) is 36.8 Å². The Morgan fingerprint density at radius 1 is 1.26 bits per heavy atom. The lowest BCUT2D eigenvalue weighted by Crippen LogP contribution is -2.49. The Labute approximate surface area is 117 Å². The van der Waals surface area contributed by atoms with E-state index >= 15 is 0 Å². The Balaban J connectivity index is 2.37. The fourth-order valence-corrected chi connectivity index (χ4v) is 2.68. The van der Waals surface area contributed by atoms with E-state index in [0.717, 1.165) is 26.2 Å². The summed E-state index contributed by atoms with van der Waals surface area (Å²) in [4.78, 5) is 4.42. The number of aliphatic hydroxyl groups is 1. The number of hydrogen-bond donors (Lipinski definition) is 1. The Hall–Kier alpha value is -0.680. The quantitative estimate of drug-likeness (QED) is 0.670. The third-order valence-electron chi connectivity index (χ3n) is 3.21. The predicted octanol–water partition coefficient (Wildman–Crippen LogP) is 1.13. The summed E-state index contributed by atoms with van der Waals surface area (Å²) in [6, 6.07) is 0. The summed E-state index contributed by atoms with van der Waals surface area (Å²) in [5, 5.41) is 10.2. The highest BCUT2D eigenvalue weighted by Gasteiger charge is 2.24. The lowest BCUT2D eigenvalue weighted by atomic mass is 10.2. The van der Waals surface area contributed by atoms with Crippen molar-refractivity contribution in [3.8, 4) is 0 Å². The van der Waals surface area contributed by atoms with Crippen LogP contribution in [0.3, 0.4) is 0 Å². The van der Waals surface area contributed by atoms with Crippen LogP contribution >= 0.6 is 0 Å². The summed E-state index contributed by atoms with van der Waals surface area (Å²) in [5.41, 5.74) is 0. The molecule has 0 aromatic carbocycles. The Bertz CT molecular complexity index is 263. The van der Waals surface area contributed by atoms with Crippen molar-refractivity contribution in [2.75, 3.05) is 39.3 Å². The van der Waals surface area contributed by atoms with Gasteiger partial charge in [-0.15, -0.1) is 13.2 Å². The molecule has 4 nitrogen and oxygen atoms in total. The van der Waals surface area contributed by atoms with Crippen LogP contribution in [0.1, 0.15) is 13.8 Å². The molecule has 1 aliphatic heterocycles. The molecule has 0 amide bonds. The lowest BCUT2D eigenvalue weighted by molar-refractivity contribution is -0.0777. The lowest BCUT2D eigenvalue weighted by Gasteiger charge is -2.36. The van der Waals surface area contributed by atoms with Gasteiger partial charge >= 0.3 is 0 Å². The van der Waals surface area contributed by atoms with E-state index < -0.39 is 0 Å². The zero-order chi connectivity index (χ0) is 14.3. The minimum absolute atomic E-state index is 0.244. The van der Waals surface area contributed by atoms with Crippen LogP contribution in [0.5, 0.6) is 0 Å². The average molecular weight is 268 g/mol. The SMILES string of the molecule is C=CCN(CC=C)CC(O)CN1CC(C)OC(C)C1. The maximum Gasteiger partial charge on any atom is 0.0794 e. The molecule has 4 heteroatoms. The highest BCUT2D eigenvalue weighted by molar-refractivity contribution is 4.83. The summed E-state index contributed by atoms with van der Waals surface area (Å²) in [7, 11) is 0. The average Bonchev–Trinajstić information content (AvgIpc) is 2.27. The van der Waals surface area contributed by atoms with E-state index in [1.807, 2.05) is 12.2 Å². The monoisotopic (exact) mass is 268 g/mol. The third-order valence-corrected chi connectivity index (χ3v) is 3.21. The number of nitrogens with zero attached hydrogens (tertiary/aromatic N) is 2. The van der Waals surface area contributed by atoms with E-state index in [1.165, 1.54) is 0 Å². The molecule has 0 radical (unpaired) electrons. The second-order valence-electron chi connectivity index (χ2n) is 5.43. The van der Waals surface area contributed by atoms with Crippen LogP contribution in [0.25, 0.3) is 0 Å². The summed E-state index contributed by atoms with van der Waals surface area (Å²) in [6.07, 6.45) is 3.85. The van der Waals surface area contributed by atoms with Gasteiger partial charge in [-0.25, -0.2) is 0 Å². The number of ether oxygens (including phenoxy) is 1. The number of β-amino-alcohol motifs (C(OH)–C–C–N with tert-alkyl or cyclic N) is 1. The number of morpholine rings is 1. The minimum Gasteiger partial charge on any atom is -0.390 e. The Kier molecular flexibility index (Phi) is 7.31. The predicted molar refractivity (Wildman–Crippen MR) is 79.3 cm³/mol. The molecule has 0 bridgehead atoms. The van der Waals surface area contributed by atoms with E-state index in [0.29, 0.717) is 13.1 Å². The van der Waals surface area contributed by atoms with Gasteiger partial charge in [-0.3, -0.25) is 9.80 Å². The van der Waals surface area contributed by atoms with E-state index in [1.54, 1.807) is 0 Å². The van der Waals surface area contributed by atoms with Gasteiger partial charge in [0.1, 0.15) is 0 Å². The molecule has 1 rings (SSSR count). The Morgan fingerprint density at radius 3 is 2.26 bits per heavy atom. The van der Waals surface area contributed by atoms with Crippen molar-refractivity contribution in [2.45, 2.75) is 32.2 Å². The largest absolute Gasteiger partial charge is 0.390 e.